The van der Waals surface area contributed by atoms with Gasteiger partial charge in [-0.25, -0.2) is 9.50 Å². The summed E-state index contributed by atoms with van der Waals surface area (Å²) in [6.45, 7) is 6.14. The van der Waals surface area contributed by atoms with E-state index in [1.807, 2.05) is 29.2 Å². The smallest absolute Gasteiger partial charge is 0.154 e. The monoisotopic (exact) mass is 287 g/mol. The maximum atomic E-state index is 5.46. The van der Waals surface area contributed by atoms with Crippen molar-refractivity contribution in [1.29, 1.82) is 0 Å². The maximum absolute atomic E-state index is 5.46. The molecule has 6 nitrogen and oxygen atoms in total. The van der Waals surface area contributed by atoms with Gasteiger partial charge in [0.2, 0.25) is 0 Å². The van der Waals surface area contributed by atoms with Crippen molar-refractivity contribution in [3.63, 3.8) is 0 Å². The zero-order valence-electron chi connectivity index (χ0n) is 12.2. The van der Waals surface area contributed by atoms with Crippen LogP contribution in [0.15, 0.2) is 24.7 Å². The maximum Gasteiger partial charge on any atom is 0.154 e. The van der Waals surface area contributed by atoms with Crippen LogP contribution < -0.4 is 4.90 Å². The van der Waals surface area contributed by atoms with Crippen LogP contribution in [0.4, 0.5) is 5.82 Å². The molecule has 0 unspecified atom stereocenters. The molecule has 2 aliphatic heterocycles. The molecule has 4 rings (SSSR count). The summed E-state index contributed by atoms with van der Waals surface area (Å²) in [5, 5.41) is 4.29. The topological polar surface area (TPSA) is 45.9 Å². The third kappa shape index (κ3) is 2.49. The number of nitrogens with zero attached hydrogens (tertiary/aromatic N) is 5. The molecule has 21 heavy (non-hydrogen) atoms. The second-order valence-electron chi connectivity index (χ2n) is 5.78. The van der Waals surface area contributed by atoms with Gasteiger partial charge in [-0.05, 0) is 18.9 Å². The summed E-state index contributed by atoms with van der Waals surface area (Å²) in [5.74, 6) is 1.06. The minimum atomic E-state index is 0.708. The molecule has 0 N–H and O–H groups in total. The van der Waals surface area contributed by atoms with Crippen molar-refractivity contribution in [2.75, 3.05) is 44.3 Å². The largest absolute Gasteiger partial charge is 0.381 e. The predicted octanol–water partition coefficient (Wildman–Crippen LogP) is 1.03. The lowest BCUT2D eigenvalue weighted by Gasteiger charge is -2.41. The highest BCUT2D eigenvalue weighted by atomic mass is 16.5. The zero-order chi connectivity index (χ0) is 14.1. The summed E-state index contributed by atoms with van der Waals surface area (Å²) in [6, 6.07) is 2.74. The average molecular weight is 287 g/mol. The SMILES string of the molecule is c1cn2nccc2c(N2CCN(C3CCOCC3)CC2)n1. The Hall–Kier alpha value is -1.66. The fourth-order valence-corrected chi connectivity index (χ4v) is 3.44. The van der Waals surface area contributed by atoms with Crippen molar-refractivity contribution in [3.05, 3.63) is 24.7 Å². The van der Waals surface area contributed by atoms with Crippen molar-refractivity contribution in [1.82, 2.24) is 19.5 Å². The van der Waals surface area contributed by atoms with E-state index in [0.717, 1.165) is 50.7 Å². The van der Waals surface area contributed by atoms with Crippen molar-refractivity contribution in [3.8, 4) is 0 Å². The van der Waals surface area contributed by atoms with Crippen LogP contribution in [0, 0.1) is 0 Å². The van der Waals surface area contributed by atoms with Gasteiger partial charge in [-0.3, -0.25) is 4.90 Å². The van der Waals surface area contributed by atoms with Gasteiger partial charge in [-0.15, -0.1) is 0 Å². The number of piperazine rings is 1. The zero-order valence-corrected chi connectivity index (χ0v) is 12.2. The van der Waals surface area contributed by atoms with E-state index in [1.165, 1.54) is 12.8 Å². The lowest BCUT2D eigenvalue weighted by Crippen LogP contribution is -2.52. The third-order valence-corrected chi connectivity index (χ3v) is 4.63. The van der Waals surface area contributed by atoms with Crippen LogP contribution in [0.1, 0.15) is 12.8 Å². The number of aromatic nitrogens is 3. The Kier molecular flexibility index (Phi) is 3.48. The first-order valence-electron chi connectivity index (χ1n) is 7.77. The highest BCUT2D eigenvalue weighted by Crippen LogP contribution is 2.22. The Labute approximate surface area is 124 Å². The van der Waals surface area contributed by atoms with Gasteiger partial charge >= 0.3 is 0 Å². The molecule has 2 saturated heterocycles. The number of hydrogen-bond acceptors (Lipinski definition) is 5. The first kappa shape index (κ1) is 13.0. The van der Waals surface area contributed by atoms with E-state index in [-0.39, 0.29) is 0 Å². The minimum absolute atomic E-state index is 0.708. The van der Waals surface area contributed by atoms with Gasteiger partial charge in [0.25, 0.3) is 0 Å². The molecule has 2 fully saturated rings. The van der Waals surface area contributed by atoms with Crippen molar-refractivity contribution < 1.29 is 4.74 Å². The van der Waals surface area contributed by atoms with Gasteiger partial charge in [0.15, 0.2) is 5.82 Å². The van der Waals surface area contributed by atoms with Crippen LogP contribution in [-0.4, -0.2) is 64.9 Å². The van der Waals surface area contributed by atoms with E-state index in [4.69, 9.17) is 4.74 Å². The Morgan fingerprint density at radius 2 is 1.86 bits per heavy atom. The molecule has 6 heteroatoms. The van der Waals surface area contributed by atoms with Gasteiger partial charge in [0, 0.05) is 57.8 Å². The number of fused-ring (bicyclic) bond motifs is 1. The number of rotatable bonds is 2. The van der Waals surface area contributed by atoms with Crippen LogP contribution in [0.25, 0.3) is 5.52 Å². The third-order valence-electron chi connectivity index (χ3n) is 4.63. The molecule has 2 aliphatic rings. The molecular formula is C15H21N5O. The van der Waals surface area contributed by atoms with Crippen molar-refractivity contribution >= 4 is 11.3 Å². The standard InChI is InChI=1S/C15H21N5O/c1-4-17-20-6-5-16-15(14(1)20)19-9-7-18(8-10-19)13-2-11-21-12-3-13/h1,4-6,13H,2-3,7-12H2. The van der Waals surface area contributed by atoms with Crippen LogP contribution in [-0.2, 0) is 4.74 Å². The van der Waals surface area contributed by atoms with Gasteiger partial charge in [0.1, 0.15) is 5.52 Å². The van der Waals surface area contributed by atoms with Gasteiger partial charge in [-0.1, -0.05) is 0 Å². The highest BCUT2D eigenvalue weighted by Gasteiger charge is 2.26. The summed E-state index contributed by atoms with van der Waals surface area (Å²) < 4.78 is 7.36. The summed E-state index contributed by atoms with van der Waals surface area (Å²) >= 11 is 0. The number of ether oxygens (including phenoxy) is 1. The lowest BCUT2D eigenvalue weighted by molar-refractivity contribution is 0.0321. The molecule has 2 aromatic rings. The van der Waals surface area contributed by atoms with Crippen LogP contribution in [0.5, 0.6) is 0 Å². The van der Waals surface area contributed by atoms with E-state index >= 15 is 0 Å². The minimum Gasteiger partial charge on any atom is -0.381 e. The quantitative estimate of drug-likeness (QED) is 0.825. The molecular weight excluding hydrogens is 266 g/mol. The molecule has 0 amide bonds. The lowest BCUT2D eigenvalue weighted by atomic mass is 10.1. The van der Waals surface area contributed by atoms with E-state index in [2.05, 4.69) is 19.9 Å². The first-order valence-corrected chi connectivity index (χ1v) is 7.77. The molecule has 0 atom stereocenters. The molecule has 4 heterocycles. The first-order chi connectivity index (χ1) is 10.4. The van der Waals surface area contributed by atoms with Crippen LogP contribution in [0.3, 0.4) is 0 Å². The van der Waals surface area contributed by atoms with E-state index in [9.17, 15) is 0 Å². The molecule has 0 aromatic carbocycles. The molecule has 112 valence electrons. The van der Waals surface area contributed by atoms with E-state index < -0.39 is 0 Å². The number of hydrogen-bond donors (Lipinski definition) is 0. The van der Waals surface area contributed by atoms with Crippen molar-refractivity contribution in [2.24, 2.45) is 0 Å². The van der Waals surface area contributed by atoms with E-state index in [0.29, 0.717) is 6.04 Å². The summed E-state index contributed by atoms with van der Waals surface area (Å²) in [6.07, 6.45) is 7.92. The Morgan fingerprint density at radius 1 is 1.05 bits per heavy atom. The van der Waals surface area contributed by atoms with Crippen LogP contribution in [0.2, 0.25) is 0 Å². The fraction of sp³-hybridized carbons (Fsp3) is 0.600. The predicted molar refractivity (Wildman–Crippen MR) is 80.6 cm³/mol. The molecule has 0 radical (unpaired) electrons. The normalized spacial score (nSPS) is 22.0. The van der Waals surface area contributed by atoms with E-state index in [1.54, 1.807) is 0 Å². The second-order valence-corrected chi connectivity index (χ2v) is 5.78. The summed E-state index contributed by atoms with van der Waals surface area (Å²) in [5.41, 5.74) is 1.09. The number of anilines is 1. The second kappa shape index (κ2) is 5.61. The molecule has 0 bridgehead atoms. The van der Waals surface area contributed by atoms with Gasteiger partial charge in [0.05, 0.1) is 6.20 Å². The molecule has 2 aromatic heterocycles. The Bertz CT molecular complexity index is 599. The van der Waals surface area contributed by atoms with Crippen LogP contribution >= 0.6 is 0 Å². The molecule has 0 aliphatic carbocycles. The molecule has 0 saturated carbocycles. The summed E-state index contributed by atoms with van der Waals surface area (Å²) in [4.78, 5) is 9.57. The molecule has 0 spiro atoms. The fourth-order valence-electron chi connectivity index (χ4n) is 3.44. The average Bonchev–Trinajstić information content (AvgIpc) is 3.04. The Morgan fingerprint density at radius 3 is 2.67 bits per heavy atom. The van der Waals surface area contributed by atoms with Gasteiger partial charge in [-0.2, -0.15) is 5.10 Å². The Balaban J connectivity index is 1.46. The summed E-state index contributed by atoms with van der Waals surface area (Å²) in [7, 11) is 0. The van der Waals surface area contributed by atoms with Crippen molar-refractivity contribution in [2.45, 2.75) is 18.9 Å². The highest BCUT2D eigenvalue weighted by molar-refractivity contribution is 5.68. The van der Waals surface area contributed by atoms with Gasteiger partial charge < -0.3 is 9.64 Å².